The lowest BCUT2D eigenvalue weighted by atomic mass is 10.2. The zero-order chi connectivity index (χ0) is 15.9. The molecule has 6 heteroatoms. The van der Waals surface area contributed by atoms with Crippen LogP contribution in [0.2, 0.25) is 10.0 Å². The molecule has 0 aliphatic rings. The maximum absolute atomic E-state index is 12.2. The van der Waals surface area contributed by atoms with Crippen LogP contribution in [0.1, 0.15) is 30.3 Å². The molecule has 1 amide bonds. The van der Waals surface area contributed by atoms with Crippen molar-refractivity contribution in [3.05, 3.63) is 52.3 Å². The first kappa shape index (κ1) is 16.6. The van der Waals surface area contributed by atoms with Crippen molar-refractivity contribution >= 4 is 40.5 Å². The van der Waals surface area contributed by atoms with Gasteiger partial charge in [0.1, 0.15) is 5.69 Å². The normalized spacial score (nSPS) is 10.3. The molecular weight excluding hydrogens is 321 g/mol. The van der Waals surface area contributed by atoms with Gasteiger partial charge in [-0.05, 0) is 36.8 Å². The minimum Gasteiger partial charge on any atom is -0.385 e. The summed E-state index contributed by atoms with van der Waals surface area (Å²) in [6, 6.07) is 8.49. The van der Waals surface area contributed by atoms with Gasteiger partial charge in [-0.1, -0.05) is 36.5 Å². The van der Waals surface area contributed by atoms with Crippen molar-refractivity contribution in [3.8, 4) is 0 Å². The Kier molecular flexibility index (Phi) is 6.04. The van der Waals surface area contributed by atoms with Crippen LogP contribution in [0.4, 0.5) is 11.4 Å². The molecule has 2 N–H and O–H groups in total. The lowest BCUT2D eigenvalue weighted by Crippen LogP contribution is -2.14. The van der Waals surface area contributed by atoms with Crippen molar-refractivity contribution in [1.82, 2.24) is 4.98 Å². The van der Waals surface area contributed by atoms with Crippen LogP contribution in [-0.2, 0) is 0 Å². The molecule has 0 aliphatic carbocycles. The van der Waals surface area contributed by atoms with Crippen LogP contribution in [0, 0.1) is 0 Å². The molecule has 0 unspecified atom stereocenters. The molecule has 1 aromatic carbocycles. The van der Waals surface area contributed by atoms with Gasteiger partial charge >= 0.3 is 0 Å². The van der Waals surface area contributed by atoms with Crippen LogP contribution in [0.15, 0.2) is 36.5 Å². The van der Waals surface area contributed by atoms with E-state index >= 15 is 0 Å². The van der Waals surface area contributed by atoms with E-state index < -0.39 is 0 Å². The largest absolute Gasteiger partial charge is 0.385 e. The molecule has 0 atom stereocenters. The van der Waals surface area contributed by atoms with Gasteiger partial charge in [-0.15, -0.1) is 0 Å². The van der Waals surface area contributed by atoms with Gasteiger partial charge in [0.05, 0.1) is 10.0 Å². The van der Waals surface area contributed by atoms with Crippen molar-refractivity contribution in [2.24, 2.45) is 0 Å². The second kappa shape index (κ2) is 8.01. The van der Waals surface area contributed by atoms with Crippen molar-refractivity contribution in [2.45, 2.75) is 19.8 Å². The van der Waals surface area contributed by atoms with Crippen molar-refractivity contribution < 1.29 is 4.79 Å². The van der Waals surface area contributed by atoms with Gasteiger partial charge in [-0.3, -0.25) is 9.78 Å². The molecule has 116 valence electrons. The highest BCUT2D eigenvalue weighted by molar-refractivity contribution is 6.42. The van der Waals surface area contributed by atoms with Crippen LogP contribution in [-0.4, -0.2) is 17.4 Å². The quantitative estimate of drug-likeness (QED) is 0.740. The maximum Gasteiger partial charge on any atom is 0.274 e. The number of nitrogens with one attached hydrogen (secondary N) is 2. The Morgan fingerprint density at radius 2 is 1.95 bits per heavy atom. The average Bonchev–Trinajstić information content (AvgIpc) is 2.51. The standard InChI is InChI=1S/C16H17Cl2N3O/c1-2-3-7-19-11-6-8-20-15(10-11)16(22)21-12-4-5-13(17)14(18)9-12/h4-6,8-10H,2-3,7H2,1H3,(H,19,20)(H,21,22). The smallest absolute Gasteiger partial charge is 0.274 e. The number of benzene rings is 1. The number of carbonyl (C=O) groups is 1. The third kappa shape index (κ3) is 4.61. The van der Waals surface area contributed by atoms with Crippen molar-refractivity contribution in [3.63, 3.8) is 0 Å². The summed E-state index contributed by atoms with van der Waals surface area (Å²) in [6.07, 6.45) is 3.80. The molecule has 22 heavy (non-hydrogen) atoms. The Bertz CT molecular complexity index is 662. The Labute approximate surface area is 139 Å². The van der Waals surface area contributed by atoms with E-state index in [9.17, 15) is 4.79 Å². The third-order valence-corrected chi connectivity index (χ3v) is 3.77. The van der Waals surface area contributed by atoms with E-state index in [4.69, 9.17) is 23.2 Å². The van der Waals surface area contributed by atoms with E-state index in [1.165, 1.54) is 0 Å². The maximum atomic E-state index is 12.2. The monoisotopic (exact) mass is 337 g/mol. The zero-order valence-electron chi connectivity index (χ0n) is 12.2. The molecule has 0 radical (unpaired) electrons. The lowest BCUT2D eigenvalue weighted by molar-refractivity contribution is 0.102. The molecule has 0 saturated carbocycles. The molecule has 2 aromatic rings. The Balaban J connectivity index is 2.05. The van der Waals surface area contributed by atoms with E-state index in [-0.39, 0.29) is 5.91 Å². The van der Waals surface area contributed by atoms with Crippen molar-refractivity contribution in [2.75, 3.05) is 17.2 Å². The second-order valence-corrected chi connectivity index (χ2v) is 5.61. The molecule has 0 fully saturated rings. The van der Waals surface area contributed by atoms with Gasteiger partial charge in [0.25, 0.3) is 5.91 Å². The van der Waals surface area contributed by atoms with Gasteiger partial charge in [0.15, 0.2) is 0 Å². The van der Waals surface area contributed by atoms with E-state index in [0.29, 0.717) is 21.4 Å². The number of unbranched alkanes of at least 4 members (excludes halogenated alkanes) is 1. The number of amides is 1. The average molecular weight is 338 g/mol. The number of halogens is 2. The molecule has 1 aromatic heterocycles. The number of pyridine rings is 1. The summed E-state index contributed by atoms with van der Waals surface area (Å²) in [6.45, 7) is 3.00. The number of hydrogen-bond donors (Lipinski definition) is 2. The SMILES string of the molecule is CCCCNc1ccnc(C(=O)Nc2ccc(Cl)c(Cl)c2)c1. The van der Waals surface area contributed by atoms with Gasteiger partial charge in [-0.2, -0.15) is 0 Å². The summed E-state index contributed by atoms with van der Waals surface area (Å²) < 4.78 is 0. The number of hydrogen-bond acceptors (Lipinski definition) is 3. The van der Waals surface area contributed by atoms with Crippen LogP contribution in [0.5, 0.6) is 0 Å². The highest BCUT2D eigenvalue weighted by atomic mass is 35.5. The predicted molar refractivity (Wildman–Crippen MR) is 92.0 cm³/mol. The zero-order valence-corrected chi connectivity index (χ0v) is 13.7. The highest BCUT2D eigenvalue weighted by Gasteiger charge is 2.09. The topological polar surface area (TPSA) is 54.0 Å². The molecule has 4 nitrogen and oxygen atoms in total. The number of nitrogens with zero attached hydrogens (tertiary/aromatic N) is 1. The van der Waals surface area contributed by atoms with Gasteiger partial charge in [-0.25, -0.2) is 0 Å². The Morgan fingerprint density at radius 1 is 1.14 bits per heavy atom. The molecular formula is C16H17Cl2N3O. The van der Waals surface area contributed by atoms with Gasteiger partial charge < -0.3 is 10.6 Å². The molecule has 0 aliphatic heterocycles. The number of carbonyl (C=O) groups excluding carboxylic acids is 1. The summed E-state index contributed by atoms with van der Waals surface area (Å²) in [4.78, 5) is 16.3. The van der Waals surface area contributed by atoms with Crippen LogP contribution in [0.25, 0.3) is 0 Å². The van der Waals surface area contributed by atoms with Crippen LogP contribution < -0.4 is 10.6 Å². The second-order valence-electron chi connectivity index (χ2n) is 4.79. The first-order chi connectivity index (χ1) is 10.6. The summed E-state index contributed by atoms with van der Waals surface area (Å²) in [7, 11) is 0. The van der Waals surface area contributed by atoms with E-state index in [2.05, 4.69) is 22.5 Å². The molecule has 0 bridgehead atoms. The number of anilines is 2. The lowest BCUT2D eigenvalue weighted by Gasteiger charge is -2.08. The van der Waals surface area contributed by atoms with Crippen LogP contribution >= 0.6 is 23.2 Å². The summed E-state index contributed by atoms with van der Waals surface area (Å²) >= 11 is 11.8. The molecule has 1 heterocycles. The van der Waals surface area contributed by atoms with Gasteiger partial charge in [0, 0.05) is 24.1 Å². The first-order valence-electron chi connectivity index (χ1n) is 7.06. The molecule has 2 rings (SSSR count). The minimum absolute atomic E-state index is 0.294. The summed E-state index contributed by atoms with van der Waals surface area (Å²) in [5.41, 5.74) is 1.79. The fraction of sp³-hybridized carbons (Fsp3) is 0.250. The van der Waals surface area contributed by atoms with E-state index in [0.717, 1.165) is 25.1 Å². The Hall–Kier alpha value is -1.78. The third-order valence-electron chi connectivity index (χ3n) is 3.03. The highest BCUT2D eigenvalue weighted by Crippen LogP contribution is 2.25. The first-order valence-corrected chi connectivity index (χ1v) is 7.82. The van der Waals surface area contributed by atoms with Crippen molar-refractivity contribution in [1.29, 1.82) is 0 Å². The van der Waals surface area contributed by atoms with E-state index in [1.54, 1.807) is 30.5 Å². The summed E-state index contributed by atoms with van der Waals surface area (Å²) in [5.74, 6) is -0.294. The van der Waals surface area contributed by atoms with Crippen LogP contribution in [0.3, 0.4) is 0 Å². The van der Waals surface area contributed by atoms with Gasteiger partial charge in [0.2, 0.25) is 0 Å². The number of rotatable bonds is 6. The summed E-state index contributed by atoms with van der Waals surface area (Å²) in [5, 5.41) is 6.85. The molecule has 0 spiro atoms. The fourth-order valence-electron chi connectivity index (χ4n) is 1.84. The predicted octanol–water partition coefficient (Wildman–Crippen LogP) is 4.85. The van der Waals surface area contributed by atoms with E-state index in [1.807, 2.05) is 6.07 Å². The molecule has 0 saturated heterocycles. The fourth-order valence-corrected chi connectivity index (χ4v) is 2.14. The minimum atomic E-state index is -0.294. The number of aromatic nitrogens is 1. The Morgan fingerprint density at radius 3 is 2.68 bits per heavy atom.